The second kappa shape index (κ2) is 3.96. The monoisotopic (exact) mass is 260 g/mol. The van der Waals surface area contributed by atoms with E-state index in [2.05, 4.69) is 15.9 Å². The Morgan fingerprint density at radius 3 is 2.57 bits per heavy atom. The summed E-state index contributed by atoms with van der Waals surface area (Å²) in [6, 6.07) is 3.28. The van der Waals surface area contributed by atoms with Gasteiger partial charge in [-0.3, -0.25) is 0 Å². The lowest BCUT2D eigenvalue weighted by molar-refractivity contribution is -0.0443. The summed E-state index contributed by atoms with van der Waals surface area (Å²) in [4.78, 5) is 0. The van der Waals surface area contributed by atoms with Crippen molar-refractivity contribution in [2.75, 3.05) is 13.2 Å². The van der Waals surface area contributed by atoms with Crippen LogP contribution in [0.25, 0.3) is 0 Å². The van der Waals surface area contributed by atoms with Crippen LogP contribution >= 0.6 is 15.9 Å². The van der Waals surface area contributed by atoms with E-state index in [1.54, 1.807) is 6.92 Å². The average molecular weight is 261 g/mol. The minimum Gasteiger partial charge on any atom is -0.346 e. The van der Waals surface area contributed by atoms with Crippen molar-refractivity contribution in [1.29, 1.82) is 0 Å². The summed E-state index contributed by atoms with van der Waals surface area (Å²) >= 11 is 3.29. The molecule has 0 bridgehead atoms. The lowest BCUT2D eigenvalue weighted by Crippen LogP contribution is -2.00. The van der Waals surface area contributed by atoms with Gasteiger partial charge in [-0.15, -0.1) is 0 Å². The molecule has 2 nitrogen and oxygen atoms in total. The summed E-state index contributed by atoms with van der Waals surface area (Å²) in [6.45, 7) is 2.86. The van der Waals surface area contributed by atoms with Gasteiger partial charge >= 0.3 is 0 Å². The lowest BCUT2D eigenvalue weighted by atomic mass is 10.1. The molecule has 0 saturated carbocycles. The van der Waals surface area contributed by atoms with E-state index >= 15 is 0 Å². The number of hydrogen-bond acceptors (Lipinski definition) is 2. The van der Waals surface area contributed by atoms with Crippen molar-refractivity contribution in [1.82, 2.24) is 0 Å². The SMILES string of the molecule is Cc1c(F)cc(C2OCCO2)cc1Br. The predicted octanol–water partition coefficient (Wildman–Crippen LogP) is 2.94. The zero-order valence-corrected chi connectivity index (χ0v) is 9.30. The van der Waals surface area contributed by atoms with Crippen molar-refractivity contribution < 1.29 is 13.9 Å². The maximum absolute atomic E-state index is 13.4. The van der Waals surface area contributed by atoms with Crippen LogP contribution in [0.2, 0.25) is 0 Å². The fourth-order valence-corrected chi connectivity index (χ4v) is 1.81. The van der Waals surface area contributed by atoms with E-state index < -0.39 is 6.29 Å². The Morgan fingerprint density at radius 2 is 2.00 bits per heavy atom. The van der Waals surface area contributed by atoms with E-state index in [1.165, 1.54) is 6.07 Å². The molecule has 1 aromatic rings. The van der Waals surface area contributed by atoms with E-state index in [9.17, 15) is 4.39 Å². The van der Waals surface area contributed by atoms with E-state index in [0.29, 0.717) is 18.8 Å². The molecular formula is C10H10BrFO2. The van der Waals surface area contributed by atoms with Gasteiger partial charge in [-0.1, -0.05) is 15.9 Å². The number of rotatable bonds is 1. The van der Waals surface area contributed by atoms with Crippen LogP contribution < -0.4 is 0 Å². The summed E-state index contributed by atoms with van der Waals surface area (Å²) < 4.78 is 24.7. The highest BCUT2D eigenvalue weighted by molar-refractivity contribution is 9.10. The molecular weight excluding hydrogens is 251 g/mol. The predicted molar refractivity (Wildman–Crippen MR) is 53.5 cm³/mol. The smallest absolute Gasteiger partial charge is 0.184 e. The van der Waals surface area contributed by atoms with Gasteiger partial charge in [0.05, 0.1) is 13.2 Å². The summed E-state index contributed by atoms with van der Waals surface area (Å²) in [7, 11) is 0. The average Bonchev–Trinajstić information content (AvgIpc) is 2.66. The van der Waals surface area contributed by atoms with Crippen molar-refractivity contribution in [3.8, 4) is 0 Å². The normalized spacial score (nSPS) is 17.6. The molecule has 1 saturated heterocycles. The fraction of sp³-hybridized carbons (Fsp3) is 0.400. The first kappa shape index (κ1) is 10.1. The molecule has 1 aliphatic rings. The minimum atomic E-state index is -0.415. The molecule has 0 amide bonds. The number of ether oxygens (including phenoxy) is 2. The van der Waals surface area contributed by atoms with Gasteiger partial charge in [0.15, 0.2) is 6.29 Å². The maximum Gasteiger partial charge on any atom is 0.184 e. The molecule has 1 aliphatic heterocycles. The molecule has 0 unspecified atom stereocenters. The number of halogens is 2. The highest BCUT2D eigenvalue weighted by Crippen LogP contribution is 2.29. The second-order valence-corrected chi connectivity index (χ2v) is 4.04. The standard InChI is InChI=1S/C10H10BrFO2/c1-6-8(11)4-7(5-9(6)12)10-13-2-3-14-10/h4-5,10H,2-3H2,1H3. The highest BCUT2D eigenvalue weighted by atomic mass is 79.9. The van der Waals surface area contributed by atoms with Gasteiger partial charge < -0.3 is 9.47 Å². The first-order chi connectivity index (χ1) is 6.68. The van der Waals surface area contributed by atoms with Crippen LogP contribution in [0, 0.1) is 12.7 Å². The Hall–Kier alpha value is -0.450. The molecule has 0 atom stereocenters. The zero-order valence-electron chi connectivity index (χ0n) is 7.72. The van der Waals surface area contributed by atoms with Gasteiger partial charge in [0.2, 0.25) is 0 Å². The Balaban J connectivity index is 2.34. The molecule has 0 spiro atoms. The lowest BCUT2D eigenvalue weighted by Gasteiger charge is -2.11. The first-order valence-electron chi connectivity index (χ1n) is 4.37. The molecule has 0 radical (unpaired) electrons. The maximum atomic E-state index is 13.4. The van der Waals surface area contributed by atoms with Crippen LogP contribution in [0.3, 0.4) is 0 Å². The van der Waals surface area contributed by atoms with Crippen molar-refractivity contribution >= 4 is 15.9 Å². The third kappa shape index (κ3) is 1.82. The molecule has 0 N–H and O–H groups in total. The third-order valence-corrected chi connectivity index (χ3v) is 3.02. The topological polar surface area (TPSA) is 18.5 Å². The Kier molecular flexibility index (Phi) is 2.85. The molecule has 0 aliphatic carbocycles. The second-order valence-electron chi connectivity index (χ2n) is 3.18. The van der Waals surface area contributed by atoms with Crippen molar-refractivity contribution in [3.63, 3.8) is 0 Å². The Morgan fingerprint density at radius 1 is 1.36 bits per heavy atom. The van der Waals surface area contributed by atoms with Crippen molar-refractivity contribution in [3.05, 3.63) is 33.5 Å². The molecule has 1 aromatic carbocycles. The van der Waals surface area contributed by atoms with Gasteiger partial charge in [-0.2, -0.15) is 0 Å². The highest BCUT2D eigenvalue weighted by Gasteiger charge is 2.20. The quantitative estimate of drug-likeness (QED) is 0.773. The van der Waals surface area contributed by atoms with Gasteiger partial charge in [0.25, 0.3) is 0 Å². The van der Waals surface area contributed by atoms with E-state index in [1.807, 2.05) is 6.07 Å². The number of hydrogen-bond donors (Lipinski definition) is 0. The third-order valence-electron chi connectivity index (χ3n) is 2.20. The van der Waals surface area contributed by atoms with Crippen LogP contribution in [-0.4, -0.2) is 13.2 Å². The number of benzene rings is 1. The zero-order chi connectivity index (χ0) is 10.1. The molecule has 1 fully saturated rings. The molecule has 76 valence electrons. The van der Waals surface area contributed by atoms with Crippen molar-refractivity contribution in [2.45, 2.75) is 13.2 Å². The van der Waals surface area contributed by atoms with Crippen molar-refractivity contribution in [2.24, 2.45) is 0 Å². The van der Waals surface area contributed by atoms with Crippen LogP contribution in [0.5, 0.6) is 0 Å². The van der Waals surface area contributed by atoms with Crippen LogP contribution in [0.15, 0.2) is 16.6 Å². The molecule has 14 heavy (non-hydrogen) atoms. The van der Waals surface area contributed by atoms with Crippen LogP contribution in [0.4, 0.5) is 4.39 Å². The van der Waals surface area contributed by atoms with E-state index in [0.717, 1.165) is 10.0 Å². The summed E-state index contributed by atoms with van der Waals surface area (Å²) in [5.74, 6) is -0.242. The van der Waals surface area contributed by atoms with Gasteiger partial charge in [0.1, 0.15) is 5.82 Å². The van der Waals surface area contributed by atoms with Crippen LogP contribution in [-0.2, 0) is 9.47 Å². The summed E-state index contributed by atoms with van der Waals surface area (Å²) in [5, 5.41) is 0. The Bertz CT molecular complexity index is 325. The molecule has 4 heteroatoms. The van der Waals surface area contributed by atoms with Gasteiger partial charge in [-0.25, -0.2) is 4.39 Å². The fourth-order valence-electron chi connectivity index (χ4n) is 1.35. The van der Waals surface area contributed by atoms with Crippen LogP contribution in [0.1, 0.15) is 17.4 Å². The first-order valence-corrected chi connectivity index (χ1v) is 5.16. The molecule has 2 rings (SSSR count). The van der Waals surface area contributed by atoms with Gasteiger partial charge in [-0.05, 0) is 24.6 Å². The minimum absolute atomic E-state index is 0.242. The largest absolute Gasteiger partial charge is 0.346 e. The Labute approximate surface area is 90.1 Å². The van der Waals surface area contributed by atoms with Gasteiger partial charge in [0, 0.05) is 10.0 Å². The van der Waals surface area contributed by atoms with E-state index in [-0.39, 0.29) is 5.82 Å². The summed E-state index contributed by atoms with van der Waals surface area (Å²) in [5.41, 5.74) is 1.32. The molecule has 0 aromatic heterocycles. The van der Waals surface area contributed by atoms with E-state index in [4.69, 9.17) is 9.47 Å². The molecule has 1 heterocycles. The summed E-state index contributed by atoms with van der Waals surface area (Å²) in [6.07, 6.45) is -0.415.